The molecule has 3 rings (SSSR count). The van der Waals surface area contributed by atoms with E-state index in [0.29, 0.717) is 0 Å². The molecule has 21 heavy (non-hydrogen) atoms. The van der Waals surface area contributed by atoms with Gasteiger partial charge in [-0.15, -0.1) is 0 Å². The van der Waals surface area contributed by atoms with Crippen molar-refractivity contribution in [2.24, 2.45) is 11.3 Å². The molecule has 2 aliphatic rings. The maximum Gasteiger partial charge on any atom is 0.309 e. The van der Waals surface area contributed by atoms with E-state index in [4.69, 9.17) is 4.74 Å². The van der Waals surface area contributed by atoms with Crippen molar-refractivity contribution in [3.63, 3.8) is 0 Å². The Morgan fingerprint density at radius 1 is 1.29 bits per heavy atom. The van der Waals surface area contributed by atoms with Crippen LogP contribution in [0.2, 0.25) is 0 Å². The molecule has 3 nitrogen and oxygen atoms in total. The summed E-state index contributed by atoms with van der Waals surface area (Å²) in [5.41, 5.74) is 1.53. The second kappa shape index (κ2) is 6.18. The van der Waals surface area contributed by atoms with Crippen LogP contribution in [0, 0.1) is 11.3 Å². The van der Waals surface area contributed by atoms with E-state index < -0.39 is 0 Å². The summed E-state index contributed by atoms with van der Waals surface area (Å²) in [4.78, 5) is 14.7. The van der Waals surface area contributed by atoms with Crippen molar-refractivity contribution in [2.75, 3.05) is 20.2 Å². The fraction of sp³-hybridized carbons (Fsp3) is 0.611. The molecule has 1 saturated heterocycles. The van der Waals surface area contributed by atoms with Crippen molar-refractivity contribution in [1.82, 2.24) is 4.90 Å². The van der Waals surface area contributed by atoms with Gasteiger partial charge in [0.1, 0.15) is 0 Å². The molecule has 1 aromatic carbocycles. The van der Waals surface area contributed by atoms with Gasteiger partial charge in [0.15, 0.2) is 0 Å². The van der Waals surface area contributed by atoms with Crippen molar-refractivity contribution in [3.05, 3.63) is 35.9 Å². The lowest BCUT2D eigenvalue weighted by molar-refractivity contribution is -0.152. The highest BCUT2D eigenvalue weighted by atomic mass is 16.5. The minimum Gasteiger partial charge on any atom is -0.469 e. The highest BCUT2D eigenvalue weighted by Crippen LogP contribution is 2.48. The number of benzene rings is 1. The maximum absolute atomic E-state index is 12.2. The third kappa shape index (κ3) is 2.98. The van der Waals surface area contributed by atoms with E-state index in [1.54, 1.807) is 0 Å². The lowest BCUT2D eigenvalue weighted by atomic mass is 9.65. The Kier molecular flexibility index (Phi) is 4.29. The number of likely N-dealkylation sites (tertiary alicyclic amines) is 1. The number of nitrogens with zero attached hydrogens (tertiary/aromatic N) is 1. The number of ether oxygens (including phenoxy) is 1. The van der Waals surface area contributed by atoms with Crippen LogP contribution in [-0.4, -0.2) is 31.1 Å². The fourth-order valence-electron chi connectivity index (χ4n) is 4.27. The Morgan fingerprint density at radius 2 is 2.10 bits per heavy atom. The Bertz CT molecular complexity index is 487. The zero-order chi connectivity index (χ0) is 14.7. The second-order valence-corrected chi connectivity index (χ2v) is 6.63. The van der Waals surface area contributed by atoms with Gasteiger partial charge < -0.3 is 4.74 Å². The first-order chi connectivity index (χ1) is 10.2. The maximum atomic E-state index is 12.2. The SMILES string of the molecule is COC(=O)[C@H]1CCCC[C@]12CCN(Cc1ccccc1)C2. The smallest absolute Gasteiger partial charge is 0.309 e. The van der Waals surface area contributed by atoms with Crippen molar-refractivity contribution < 1.29 is 9.53 Å². The summed E-state index contributed by atoms with van der Waals surface area (Å²) < 4.78 is 5.07. The number of rotatable bonds is 3. The van der Waals surface area contributed by atoms with Gasteiger partial charge in [-0.05, 0) is 36.8 Å². The van der Waals surface area contributed by atoms with E-state index in [9.17, 15) is 4.79 Å². The summed E-state index contributed by atoms with van der Waals surface area (Å²) in [6, 6.07) is 10.6. The van der Waals surface area contributed by atoms with Crippen LogP contribution in [0.15, 0.2) is 30.3 Å². The summed E-state index contributed by atoms with van der Waals surface area (Å²) in [6.07, 6.45) is 5.75. The molecular weight excluding hydrogens is 262 g/mol. The van der Waals surface area contributed by atoms with E-state index in [0.717, 1.165) is 32.5 Å². The van der Waals surface area contributed by atoms with Crippen LogP contribution in [0.25, 0.3) is 0 Å². The molecule has 114 valence electrons. The molecular formula is C18H25NO2. The molecule has 1 aliphatic carbocycles. The molecule has 1 aliphatic heterocycles. The van der Waals surface area contributed by atoms with Gasteiger partial charge in [0.2, 0.25) is 0 Å². The molecule has 0 radical (unpaired) electrons. The Labute approximate surface area is 127 Å². The summed E-state index contributed by atoms with van der Waals surface area (Å²) in [6.45, 7) is 3.14. The number of methoxy groups -OCH3 is 1. The van der Waals surface area contributed by atoms with E-state index >= 15 is 0 Å². The first kappa shape index (κ1) is 14.6. The number of hydrogen-bond donors (Lipinski definition) is 0. The number of carbonyl (C=O) groups is 1. The molecule has 0 aromatic heterocycles. The minimum absolute atomic E-state index is 0.0104. The van der Waals surface area contributed by atoms with Crippen molar-refractivity contribution in [1.29, 1.82) is 0 Å². The normalized spacial score (nSPS) is 29.7. The number of carbonyl (C=O) groups excluding carboxylic acids is 1. The lowest BCUT2D eigenvalue weighted by Gasteiger charge is -2.39. The molecule has 3 heteroatoms. The molecule has 1 saturated carbocycles. The predicted molar refractivity (Wildman–Crippen MR) is 82.7 cm³/mol. The highest BCUT2D eigenvalue weighted by Gasteiger charge is 2.48. The standard InChI is InChI=1S/C18H25NO2/c1-21-17(20)16-9-5-6-10-18(16)11-12-19(14-18)13-15-7-3-2-4-8-15/h2-4,7-8,16H,5-6,9-14H2,1H3/t16-,18-/m1/s1. The topological polar surface area (TPSA) is 29.5 Å². The second-order valence-electron chi connectivity index (χ2n) is 6.63. The van der Waals surface area contributed by atoms with Gasteiger partial charge >= 0.3 is 5.97 Å². The molecule has 1 spiro atoms. The minimum atomic E-state index is 0.0104. The first-order valence-electron chi connectivity index (χ1n) is 8.08. The third-order valence-corrected chi connectivity index (χ3v) is 5.36. The fourth-order valence-corrected chi connectivity index (χ4v) is 4.27. The average Bonchev–Trinajstić information content (AvgIpc) is 2.91. The molecule has 1 heterocycles. The molecule has 2 atom stereocenters. The zero-order valence-corrected chi connectivity index (χ0v) is 12.9. The number of esters is 1. The van der Waals surface area contributed by atoms with Gasteiger partial charge in [0.05, 0.1) is 13.0 Å². The molecule has 0 unspecified atom stereocenters. The summed E-state index contributed by atoms with van der Waals surface area (Å²) in [5.74, 6) is 0.119. The quantitative estimate of drug-likeness (QED) is 0.799. The number of hydrogen-bond acceptors (Lipinski definition) is 3. The zero-order valence-electron chi connectivity index (χ0n) is 12.9. The molecule has 2 fully saturated rings. The Balaban J connectivity index is 1.70. The van der Waals surface area contributed by atoms with Crippen LogP contribution in [-0.2, 0) is 16.1 Å². The summed E-state index contributed by atoms with van der Waals surface area (Å²) >= 11 is 0. The average molecular weight is 287 g/mol. The van der Waals surface area contributed by atoms with Gasteiger partial charge in [-0.3, -0.25) is 9.69 Å². The van der Waals surface area contributed by atoms with Gasteiger partial charge in [0.25, 0.3) is 0 Å². The highest BCUT2D eigenvalue weighted by molar-refractivity contribution is 5.73. The predicted octanol–water partition coefficient (Wildman–Crippen LogP) is 3.24. The lowest BCUT2D eigenvalue weighted by Crippen LogP contribution is -2.41. The van der Waals surface area contributed by atoms with Gasteiger partial charge in [-0.25, -0.2) is 0 Å². The van der Waals surface area contributed by atoms with Gasteiger partial charge in [-0.1, -0.05) is 43.2 Å². The molecule has 1 aromatic rings. The molecule has 0 bridgehead atoms. The Hall–Kier alpha value is -1.35. The van der Waals surface area contributed by atoms with E-state index in [1.807, 2.05) is 0 Å². The first-order valence-corrected chi connectivity index (χ1v) is 8.08. The van der Waals surface area contributed by atoms with E-state index in [1.165, 1.54) is 31.9 Å². The van der Waals surface area contributed by atoms with Crippen LogP contribution in [0.4, 0.5) is 0 Å². The van der Waals surface area contributed by atoms with E-state index in [-0.39, 0.29) is 17.3 Å². The van der Waals surface area contributed by atoms with Crippen LogP contribution in [0.3, 0.4) is 0 Å². The van der Waals surface area contributed by atoms with Crippen LogP contribution in [0.5, 0.6) is 0 Å². The monoisotopic (exact) mass is 287 g/mol. The van der Waals surface area contributed by atoms with Gasteiger partial charge in [-0.2, -0.15) is 0 Å². The van der Waals surface area contributed by atoms with E-state index in [2.05, 4.69) is 35.2 Å². The molecule has 0 N–H and O–H groups in total. The Morgan fingerprint density at radius 3 is 2.86 bits per heavy atom. The molecule has 0 amide bonds. The van der Waals surface area contributed by atoms with Crippen molar-refractivity contribution in [2.45, 2.75) is 38.6 Å². The summed E-state index contributed by atoms with van der Waals surface area (Å²) in [5, 5.41) is 0. The third-order valence-electron chi connectivity index (χ3n) is 5.36. The largest absolute Gasteiger partial charge is 0.469 e. The van der Waals surface area contributed by atoms with Crippen LogP contribution < -0.4 is 0 Å². The van der Waals surface area contributed by atoms with Crippen molar-refractivity contribution >= 4 is 5.97 Å². The van der Waals surface area contributed by atoms with Crippen LogP contribution in [0.1, 0.15) is 37.7 Å². The van der Waals surface area contributed by atoms with Crippen LogP contribution >= 0.6 is 0 Å². The van der Waals surface area contributed by atoms with Crippen molar-refractivity contribution in [3.8, 4) is 0 Å². The van der Waals surface area contributed by atoms with Gasteiger partial charge in [0, 0.05) is 13.1 Å². The summed E-state index contributed by atoms with van der Waals surface area (Å²) in [7, 11) is 1.53.